The first-order valence-electron chi connectivity index (χ1n) is 1.88. The summed E-state index contributed by atoms with van der Waals surface area (Å²) in [5.74, 6) is 0.245. The Balaban J connectivity index is 3.81. The van der Waals surface area contributed by atoms with Crippen LogP contribution in [0.5, 0.6) is 0 Å². The molecule has 3 N–H and O–H groups in total. The van der Waals surface area contributed by atoms with E-state index in [0.29, 0.717) is 0 Å². The second-order valence-electron chi connectivity index (χ2n) is 1.28. The number of carbonyl (C=O) groups excluding carboxylic acids is 1. The zero-order valence-electron chi connectivity index (χ0n) is 4.01. The molecule has 1 unspecified atom stereocenters. The quantitative estimate of drug-likeness (QED) is 0.231. The highest BCUT2D eigenvalue weighted by Gasteiger charge is 1.97. The summed E-state index contributed by atoms with van der Waals surface area (Å²) in [5, 5.41) is 8.30. The monoisotopic (exact) mass is 99.0 g/mol. The fraction of sp³-hybridized carbons (Fsp3) is 0.333. The third kappa shape index (κ3) is 2.03. The lowest BCUT2D eigenvalue weighted by atomic mass is 9.97. The van der Waals surface area contributed by atoms with Gasteiger partial charge >= 0.3 is 0 Å². The molecular formula is C3H6BNO2. The molecular weight excluding hydrogens is 92.8 g/mol. The summed E-state index contributed by atoms with van der Waals surface area (Å²) in [6, 6.07) is 0. The van der Waals surface area contributed by atoms with E-state index < -0.39 is 11.7 Å². The van der Waals surface area contributed by atoms with Gasteiger partial charge in [0.1, 0.15) is 7.85 Å². The highest BCUT2D eigenvalue weighted by molar-refractivity contribution is 6.13. The predicted octanol–water partition coefficient (Wildman–Crippen LogP) is -1.82. The fourth-order valence-corrected chi connectivity index (χ4v) is 0.0929. The van der Waals surface area contributed by atoms with Crippen molar-refractivity contribution in [2.24, 2.45) is 5.73 Å². The molecule has 0 rings (SSSR count). The molecule has 0 radical (unpaired) electrons. The predicted molar refractivity (Wildman–Crippen MR) is 28.4 cm³/mol. The van der Waals surface area contributed by atoms with Gasteiger partial charge in [0.2, 0.25) is 0 Å². The maximum Gasteiger partial charge on any atom is 0.185 e. The molecule has 0 bridgehead atoms. The normalized spacial score (nSPS) is 12.1. The molecule has 0 aromatic rings. The van der Waals surface area contributed by atoms with Crippen molar-refractivity contribution in [2.75, 3.05) is 0 Å². The van der Waals surface area contributed by atoms with E-state index in [4.69, 9.17) is 10.8 Å². The van der Waals surface area contributed by atoms with Crippen LogP contribution >= 0.6 is 0 Å². The third-order valence-corrected chi connectivity index (χ3v) is 0.536. The van der Waals surface area contributed by atoms with E-state index in [1.807, 2.05) is 0 Å². The lowest BCUT2D eigenvalue weighted by molar-refractivity contribution is 0.394. The molecule has 38 valence electrons. The van der Waals surface area contributed by atoms with E-state index >= 15 is 0 Å². The molecule has 3 nitrogen and oxygen atoms in total. The molecule has 1 atom stereocenters. The number of hydrogen-bond acceptors (Lipinski definition) is 3. The molecule has 0 aromatic carbocycles. The van der Waals surface area contributed by atoms with Gasteiger partial charge in [0.05, 0.1) is 0 Å². The first kappa shape index (κ1) is 6.27. The van der Waals surface area contributed by atoms with E-state index in [1.54, 1.807) is 0 Å². The zero-order chi connectivity index (χ0) is 5.86. The SMILES string of the molecule is BC(N)C(O)=C=O. The van der Waals surface area contributed by atoms with Crippen LogP contribution in [0.25, 0.3) is 0 Å². The van der Waals surface area contributed by atoms with Gasteiger partial charge in [-0.1, -0.05) is 0 Å². The lowest BCUT2D eigenvalue weighted by Crippen LogP contribution is -2.22. The second kappa shape index (κ2) is 2.45. The van der Waals surface area contributed by atoms with Crippen LogP contribution in [0.1, 0.15) is 0 Å². The molecule has 7 heavy (non-hydrogen) atoms. The van der Waals surface area contributed by atoms with E-state index in [2.05, 4.69) is 0 Å². The number of rotatable bonds is 1. The van der Waals surface area contributed by atoms with E-state index in [9.17, 15) is 4.79 Å². The summed E-state index contributed by atoms with van der Waals surface area (Å²) in [6.07, 6.45) is 0. The van der Waals surface area contributed by atoms with E-state index in [1.165, 1.54) is 13.8 Å². The van der Waals surface area contributed by atoms with Crippen LogP contribution in [-0.4, -0.2) is 24.8 Å². The summed E-state index contributed by atoms with van der Waals surface area (Å²) < 4.78 is 0. The third-order valence-electron chi connectivity index (χ3n) is 0.536. The summed E-state index contributed by atoms with van der Waals surface area (Å²) in [6.45, 7) is 0. The van der Waals surface area contributed by atoms with E-state index in [-0.39, 0.29) is 0 Å². The molecule has 0 saturated carbocycles. The van der Waals surface area contributed by atoms with Crippen LogP contribution in [0, 0.1) is 0 Å². The Kier molecular flexibility index (Phi) is 2.19. The lowest BCUT2D eigenvalue weighted by Gasteiger charge is -1.94. The average molecular weight is 98.9 g/mol. The maximum absolute atomic E-state index is 9.45. The Morgan fingerprint density at radius 3 is 2.43 bits per heavy atom. The van der Waals surface area contributed by atoms with E-state index in [0.717, 1.165) is 0 Å². The van der Waals surface area contributed by atoms with Crippen LogP contribution < -0.4 is 5.73 Å². The van der Waals surface area contributed by atoms with Crippen LogP contribution in [0.2, 0.25) is 0 Å². The molecule has 0 fully saturated rings. The molecule has 0 heterocycles. The number of aliphatic hydroxyl groups excluding tert-OH is 1. The Morgan fingerprint density at radius 1 is 2.00 bits per heavy atom. The van der Waals surface area contributed by atoms with Crippen LogP contribution in [0.15, 0.2) is 5.76 Å². The molecule has 4 heteroatoms. The van der Waals surface area contributed by atoms with Gasteiger partial charge < -0.3 is 10.8 Å². The standard InChI is InChI=1S/C3H6BNO2/c4-3(5)2(7)1-6/h3,7H,4-5H2. The summed E-state index contributed by atoms with van der Waals surface area (Å²) in [7, 11) is 1.50. The number of hydrogen-bond donors (Lipinski definition) is 2. The van der Waals surface area contributed by atoms with Gasteiger partial charge in [0.25, 0.3) is 0 Å². The minimum Gasteiger partial charge on any atom is -0.501 e. The van der Waals surface area contributed by atoms with Crippen molar-refractivity contribution in [3.8, 4) is 0 Å². The van der Waals surface area contributed by atoms with Gasteiger partial charge in [0, 0.05) is 5.94 Å². The van der Waals surface area contributed by atoms with Gasteiger partial charge in [-0.3, -0.25) is 0 Å². The molecule has 0 aromatic heterocycles. The molecule has 0 amide bonds. The second-order valence-corrected chi connectivity index (χ2v) is 1.28. The number of aliphatic hydroxyl groups is 1. The highest BCUT2D eigenvalue weighted by atomic mass is 16.3. The van der Waals surface area contributed by atoms with Crippen LogP contribution in [-0.2, 0) is 4.79 Å². The van der Waals surface area contributed by atoms with Gasteiger partial charge in [0.15, 0.2) is 11.7 Å². The largest absolute Gasteiger partial charge is 0.501 e. The highest BCUT2D eigenvalue weighted by Crippen LogP contribution is 1.78. The first-order chi connectivity index (χ1) is 3.18. The topological polar surface area (TPSA) is 63.3 Å². The summed E-state index contributed by atoms with van der Waals surface area (Å²) in [4.78, 5) is 9.45. The van der Waals surface area contributed by atoms with Crippen molar-refractivity contribution in [3.63, 3.8) is 0 Å². The molecule has 0 aliphatic heterocycles. The van der Waals surface area contributed by atoms with Crippen molar-refractivity contribution in [1.29, 1.82) is 0 Å². The van der Waals surface area contributed by atoms with Gasteiger partial charge in [-0.15, -0.1) is 0 Å². The Labute approximate surface area is 42.2 Å². The van der Waals surface area contributed by atoms with Crippen molar-refractivity contribution in [3.05, 3.63) is 5.76 Å². The van der Waals surface area contributed by atoms with Gasteiger partial charge in [-0.05, 0) is 0 Å². The Hall–Kier alpha value is -0.725. The summed E-state index contributed by atoms with van der Waals surface area (Å²) >= 11 is 0. The first-order valence-corrected chi connectivity index (χ1v) is 1.88. The minimum atomic E-state index is -0.586. The Morgan fingerprint density at radius 2 is 2.43 bits per heavy atom. The van der Waals surface area contributed by atoms with Gasteiger partial charge in [-0.2, -0.15) is 0 Å². The Bertz CT molecular complexity index is 106. The van der Waals surface area contributed by atoms with Crippen molar-refractivity contribution in [1.82, 2.24) is 0 Å². The molecule has 0 aliphatic carbocycles. The zero-order valence-corrected chi connectivity index (χ0v) is 4.01. The van der Waals surface area contributed by atoms with Crippen molar-refractivity contribution in [2.45, 2.75) is 5.94 Å². The summed E-state index contributed by atoms with van der Waals surface area (Å²) in [5.41, 5.74) is 5.00. The van der Waals surface area contributed by atoms with Crippen LogP contribution in [0.3, 0.4) is 0 Å². The minimum absolute atomic E-state index is 0.431. The molecule has 0 saturated heterocycles. The smallest absolute Gasteiger partial charge is 0.185 e. The van der Waals surface area contributed by atoms with Crippen LogP contribution in [0.4, 0.5) is 0 Å². The average Bonchev–Trinajstić information content (AvgIpc) is 1.65. The van der Waals surface area contributed by atoms with Gasteiger partial charge in [-0.25, -0.2) is 4.79 Å². The molecule has 0 aliphatic rings. The van der Waals surface area contributed by atoms with Crippen molar-refractivity contribution >= 4 is 13.8 Å². The number of nitrogens with two attached hydrogens (primary N) is 1. The maximum atomic E-state index is 9.45. The molecule has 0 spiro atoms. The fourth-order valence-electron chi connectivity index (χ4n) is 0.0929. The van der Waals surface area contributed by atoms with Crippen molar-refractivity contribution < 1.29 is 9.90 Å².